The summed E-state index contributed by atoms with van der Waals surface area (Å²) in [6, 6.07) is 8.04. The highest BCUT2D eigenvalue weighted by molar-refractivity contribution is 5.98. The molecule has 0 aliphatic carbocycles. The van der Waals surface area contributed by atoms with Crippen LogP contribution in [0.2, 0.25) is 0 Å². The predicted molar refractivity (Wildman–Crippen MR) is 83.4 cm³/mol. The Bertz CT molecular complexity index is 517. The fourth-order valence-corrected chi connectivity index (χ4v) is 3.48. The number of rotatable bonds is 2. The lowest BCUT2D eigenvalue weighted by molar-refractivity contribution is -0.124. The van der Waals surface area contributed by atoms with Crippen LogP contribution in [0.15, 0.2) is 24.3 Å². The van der Waals surface area contributed by atoms with Crippen LogP contribution in [0, 0.1) is 0 Å². The molecule has 1 saturated heterocycles. The Labute approximate surface area is 126 Å². The van der Waals surface area contributed by atoms with Gasteiger partial charge in [0.15, 0.2) is 0 Å². The Kier molecular flexibility index (Phi) is 4.27. The van der Waals surface area contributed by atoms with Crippen LogP contribution in [0.3, 0.4) is 0 Å². The zero-order valence-corrected chi connectivity index (χ0v) is 12.7. The van der Waals surface area contributed by atoms with Crippen LogP contribution >= 0.6 is 0 Å². The van der Waals surface area contributed by atoms with Crippen molar-refractivity contribution in [2.45, 2.75) is 44.8 Å². The van der Waals surface area contributed by atoms with Gasteiger partial charge in [-0.2, -0.15) is 0 Å². The van der Waals surface area contributed by atoms with Crippen LogP contribution in [0.4, 0.5) is 5.69 Å². The highest BCUT2D eigenvalue weighted by atomic mass is 16.3. The maximum absolute atomic E-state index is 12.9. The zero-order valence-electron chi connectivity index (χ0n) is 12.7. The molecule has 4 nitrogen and oxygen atoms in total. The van der Waals surface area contributed by atoms with Gasteiger partial charge >= 0.3 is 0 Å². The first kappa shape index (κ1) is 14.5. The molecule has 2 unspecified atom stereocenters. The van der Waals surface area contributed by atoms with Gasteiger partial charge in [0.05, 0.1) is 12.1 Å². The molecule has 2 atom stereocenters. The van der Waals surface area contributed by atoms with E-state index in [0.29, 0.717) is 6.54 Å². The van der Waals surface area contributed by atoms with Crippen molar-refractivity contribution in [2.24, 2.45) is 0 Å². The maximum atomic E-state index is 12.9. The third kappa shape index (κ3) is 2.97. The van der Waals surface area contributed by atoms with Crippen LogP contribution in [-0.4, -0.2) is 47.7 Å². The minimum Gasteiger partial charge on any atom is -0.392 e. The molecule has 0 radical (unpaired) electrons. The van der Waals surface area contributed by atoms with E-state index >= 15 is 0 Å². The highest BCUT2D eigenvalue weighted by Crippen LogP contribution is 2.28. The van der Waals surface area contributed by atoms with Gasteiger partial charge in [0.1, 0.15) is 0 Å². The number of β-amino-alcohol motifs (C(OH)–C–C–N with tert-alkyl or cyclic N) is 1. The summed E-state index contributed by atoms with van der Waals surface area (Å²) < 4.78 is 0. The number of anilines is 1. The average Bonchev–Trinajstić information content (AvgIpc) is 2.53. The fraction of sp³-hybridized carbons (Fsp3) is 0.588. The molecule has 4 heteroatoms. The number of hydrogen-bond donors (Lipinski definition) is 1. The summed E-state index contributed by atoms with van der Waals surface area (Å²) in [6.07, 6.45) is 3.61. The van der Waals surface area contributed by atoms with E-state index < -0.39 is 0 Å². The van der Waals surface area contributed by atoms with Gasteiger partial charge in [-0.05, 0) is 50.8 Å². The summed E-state index contributed by atoms with van der Waals surface area (Å²) >= 11 is 0. The molecule has 1 aromatic rings. The summed E-state index contributed by atoms with van der Waals surface area (Å²) in [7, 11) is 0. The van der Waals surface area contributed by atoms with E-state index in [9.17, 15) is 9.90 Å². The van der Waals surface area contributed by atoms with E-state index in [1.165, 1.54) is 5.56 Å². The second-order valence-corrected chi connectivity index (χ2v) is 6.19. The number of likely N-dealkylation sites (tertiary alicyclic amines) is 1. The first-order valence-corrected chi connectivity index (χ1v) is 7.98. The topological polar surface area (TPSA) is 43.8 Å². The maximum Gasteiger partial charge on any atom is 0.244 e. The van der Waals surface area contributed by atoms with E-state index in [2.05, 4.69) is 11.0 Å². The van der Waals surface area contributed by atoms with E-state index in [-0.39, 0.29) is 18.1 Å². The highest BCUT2D eigenvalue weighted by Gasteiger charge is 2.31. The number of aryl methyl sites for hydroxylation is 1. The number of benzene rings is 1. The smallest absolute Gasteiger partial charge is 0.244 e. The van der Waals surface area contributed by atoms with Crippen LogP contribution < -0.4 is 4.90 Å². The van der Waals surface area contributed by atoms with E-state index in [1.54, 1.807) is 0 Å². The molecule has 1 aromatic carbocycles. The molecule has 1 fully saturated rings. The average molecular weight is 288 g/mol. The van der Waals surface area contributed by atoms with Crippen molar-refractivity contribution >= 4 is 11.6 Å². The number of carbonyl (C=O) groups is 1. The van der Waals surface area contributed by atoms with Crippen molar-refractivity contribution in [3.8, 4) is 0 Å². The largest absolute Gasteiger partial charge is 0.392 e. The van der Waals surface area contributed by atoms with Gasteiger partial charge in [-0.3, -0.25) is 9.69 Å². The van der Waals surface area contributed by atoms with Gasteiger partial charge in [0.2, 0.25) is 5.91 Å². The number of nitrogens with zero attached hydrogens (tertiary/aromatic N) is 2. The van der Waals surface area contributed by atoms with E-state index in [4.69, 9.17) is 0 Å². The lowest BCUT2D eigenvalue weighted by Gasteiger charge is -2.38. The molecule has 0 spiro atoms. The lowest BCUT2D eigenvalue weighted by Crippen LogP contribution is -2.52. The van der Waals surface area contributed by atoms with E-state index in [0.717, 1.165) is 44.5 Å². The van der Waals surface area contributed by atoms with Crippen molar-refractivity contribution in [3.05, 3.63) is 29.8 Å². The van der Waals surface area contributed by atoms with Gasteiger partial charge in [0, 0.05) is 18.8 Å². The predicted octanol–water partition coefficient (Wildman–Crippen LogP) is 1.81. The molecule has 2 heterocycles. The molecule has 3 rings (SSSR count). The van der Waals surface area contributed by atoms with Crippen LogP contribution in [-0.2, 0) is 11.2 Å². The molecule has 21 heavy (non-hydrogen) atoms. The SMILES string of the molecule is CC(C(=O)N1CCCc2ccccc21)N1CCCC(O)C1. The first-order chi connectivity index (χ1) is 10.2. The van der Waals surface area contributed by atoms with Crippen molar-refractivity contribution in [2.75, 3.05) is 24.5 Å². The summed E-state index contributed by atoms with van der Waals surface area (Å²) in [6.45, 7) is 4.29. The molecule has 114 valence electrons. The Morgan fingerprint density at radius 2 is 2.10 bits per heavy atom. The zero-order chi connectivity index (χ0) is 14.8. The molecular weight excluding hydrogens is 264 g/mol. The third-order valence-electron chi connectivity index (χ3n) is 4.71. The Morgan fingerprint density at radius 1 is 1.29 bits per heavy atom. The summed E-state index contributed by atoms with van der Waals surface area (Å²) in [4.78, 5) is 16.9. The lowest BCUT2D eigenvalue weighted by atomic mass is 10.0. The molecule has 0 bridgehead atoms. The molecule has 1 N–H and O–H groups in total. The number of amides is 1. The van der Waals surface area contributed by atoms with Gasteiger partial charge in [-0.25, -0.2) is 0 Å². The van der Waals surface area contributed by atoms with Gasteiger partial charge in [-0.15, -0.1) is 0 Å². The normalized spacial score (nSPS) is 24.5. The van der Waals surface area contributed by atoms with Gasteiger partial charge in [0.25, 0.3) is 0 Å². The van der Waals surface area contributed by atoms with Gasteiger partial charge < -0.3 is 10.0 Å². The minimum atomic E-state index is -0.289. The molecule has 2 aliphatic rings. The fourth-order valence-electron chi connectivity index (χ4n) is 3.48. The van der Waals surface area contributed by atoms with Crippen molar-refractivity contribution in [3.63, 3.8) is 0 Å². The minimum absolute atomic E-state index is 0.161. The second-order valence-electron chi connectivity index (χ2n) is 6.19. The van der Waals surface area contributed by atoms with Gasteiger partial charge in [-0.1, -0.05) is 18.2 Å². The standard InChI is InChI=1S/C17H24N2O2/c1-13(18-10-5-8-15(20)12-18)17(21)19-11-4-7-14-6-2-3-9-16(14)19/h2-3,6,9,13,15,20H,4-5,7-8,10-12H2,1H3. The summed E-state index contributed by atoms with van der Waals surface area (Å²) in [5, 5.41) is 9.81. The number of carbonyl (C=O) groups excluding carboxylic acids is 1. The second kappa shape index (κ2) is 6.16. The van der Waals surface area contributed by atoms with Crippen molar-refractivity contribution in [1.29, 1.82) is 0 Å². The summed E-state index contributed by atoms with van der Waals surface area (Å²) in [5.74, 6) is 0.163. The van der Waals surface area contributed by atoms with Crippen molar-refractivity contribution in [1.82, 2.24) is 4.90 Å². The Hall–Kier alpha value is -1.39. The summed E-state index contributed by atoms with van der Waals surface area (Å²) in [5.41, 5.74) is 2.33. The number of para-hydroxylation sites is 1. The number of piperidine rings is 1. The van der Waals surface area contributed by atoms with Crippen molar-refractivity contribution < 1.29 is 9.90 Å². The van der Waals surface area contributed by atoms with Crippen LogP contribution in [0.5, 0.6) is 0 Å². The molecule has 0 aromatic heterocycles. The Morgan fingerprint density at radius 3 is 2.90 bits per heavy atom. The Balaban J connectivity index is 1.76. The molecule has 2 aliphatic heterocycles. The first-order valence-electron chi connectivity index (χ1n) is 7.98. The number of aliphatic hydroxyl groups is 1. The van der Waals surface area contributed by atoms with Crippen LogP contribution in [0.1, 0.15) is 31.7 Å². The third-order valence-corrected chi connectivity index (χ3v) is 4.71. The monoisotopic (exact) mass is 288 g/mol. The number of aliphatic hydroxyl groups excluding tert-OH is 1. The quantitative estimate of drug-likeness (QED) is 0.902. The number of hydrogen-bond acceptors (Lipinski definition) is 3. The number of fused-ring (bicyclic) bond motifs is 1. The molecule has 0 saturated carbocycles. The van der Waals surface area contributed by atoms with E-state index in [1.807, 2.05) is 30.0 Å². The molecular formula is C17H24N2O2. The van der Waals surface area contributed by atoms with Crippen LogP contribution in [0.25, 0.3) is 0 Å². The molecule has 1 amide bonds.